The van der Waals surface area contributed by atoms with Gasteiger partial charge in [0.05, 0.1) is 35.8 Å². The van der Waals surface area contributed by atoms with Crippen LogP contribution in [0.3, 0.4) is 0 Å². The number of aromatic nitrogens is 2. The van der Waals surface area contributed by atoms with Crippen LogP contribution in [0.2, 0.25) is 0 Å². The molecule has 5 rings (SSSR count). The molecule has 0 saturated carbocycles. The van der Waals surface area contributed by atoms with Gasteiger partial charge in [0.15, 0.2) is 0 Å². The zero-order chi connectivity index (χ0) is 28.4. The molecule has 1 aromatic carbocycles. The van der Waals surface area contributed by atoms with Crippen molar-refractivity contribution >= 4 is 17.3 Å². The molecule has 4 N–H and O–H groups in total. The van der Waals surface area contributed by atoms with Crippen LogP contribution < -0.4 is 20.7 Å². The predicted molar refractivity (Wildman–Crippen MR) is 142 cm³/mol. The Morgan fingerprint density at radius 2 is 1.95 bits per heavy atom. The molecule has 0 unspecified atom stereocenters. The molecule has 3 aromatic rings. The third kappa shape index (κ3) is 5.88. The van der Waals surface area contributed by atoms with Crippen molar-refractivity contribution in [1.29, 1.82) is 0 Å². The summed E-state index contributed by atoms with van der Waals surface area (Å²) in [4.78, 5) is 23.1. The lowest BCUT2D eigenvalue weighted by atomic mass is 9.92. The SMILES string of the molecule is C[C@H]1CN(c2ccncc2NC(=O)c2ccc(F)c(-c3c(F)cc(O[C@@H]4CCCOC4)cc3F)n2)C[C@@H](N)[C@@H]1O. The second-order valence-corrected chi connectivity index (χ2v) is 10.1. The van der Waals surface area contributed by atoms with E-state index >= 15 is 8.78 Å². The van der Waals surface area contributed by atoms with Crippen LogP contribution in [-0.2, 0) is 4.74 Å². The number of hydrogen-bond donors (Lipinski definition) is 3. The van der Waals surface area contributed by atoms with Gasteiger partial charge >= 0.3 is 0 Å². The van der Waals surface area contributed by atoms with E-state index in [9.17, 15) is 14.3 Å². The Bertz CT molecular complexity index is 1350. The highest BCUT2D eigenvalue weighted by atomic mass is 19.1. The number of carbonyl (C=O) groups excluding carboxylic acids is 1. The summed E-state index contributed by atoms with van der Waals surface area (Å²) in [6, 6.07) is 5.18. The first kappa shape index (κ1) is 27.8. The van der Waals surface area contributed by atoms with Gasteiger partial charge in [-0.1, -0.05) is 6.92 Å². The molecule has 4 heterocycles. The molecule has 40 heavy (non-hydrogen) atoms. The molecule has 2 aliphatic rings. The molecule has 212 valence electrons. The van der Waals surface area contributed by atoms with Gasteiger partial charge in [-0.25, -0.2) is 18.2 Å². The van der Waals surface area contributed by atoms with Crippen LogP contribution >= 0.6 is 0 Å². The second kappa shape index (κ2) is 11.8. The Morgan fingerprint density at radius 1 is 1.18 bits per heavy atom. The van der Waals surface area contributed by atoms with Gasteiger partial charge < -0.3 is 30.5 Å². The fourth-order valence-corrected chi connectivity index (χ4v) is 5.04. The second-order valence-electron chi connectivity index (χ2n) is 10.1. The molecule has 2 aromatic heterocycles. The Balaban J connectivity index is 1.38. The number of ether oxygens (including phenoxy) is 2. The van der Waals surface area contributed by atoms with Crippen molar-refractivity contribution in [2.45, 2.75) is 38.0 Å². The summed E-state index contributed by atoms with van der Waals surface area (Å²) in [7, 11) is 0. The Hall–Kier alpha value is -3.74. The van der Waals surface area contributed by atoms with E-state index in [1.165, 1.54) is 6.20 Å². The number of carbonyl (C=O) groups is 1. The van der Waals surface area contributed by atoms with Gasteiger partial charge in [-0.15, -0.1) is 0 Å². The van der Waals surface area contributed by atoms with E-state index in [4.69, 9.17) is 15.2 Å². The number of nitrogens with two attached hydrogens (primary N) is 1. The van der Waals surface area contributed by atoms with Crippen molar-refractivity contribution in [3.63, 3.8) is 0 Å². The number of piperidine rings is 1. The molecule has 0 aliphatic carbocycles. The van der Waals surface area contributed by atoms with E-state index in [2.05, 4.69) is 15.3 Å². The minimum atomic E-state index is -1.08. The molecule has 2 fully saturated rings. The van der Waals surface area contributed by atoms with Crippen molar-refractivity contribution in [3.8, 4) is 17.0 Å². The topological polar surface area (TPSA) is 123 Å². The summed E-state index contributed by atoms with van der Waals surface area (Å²) in [6.07, 6.45) is 3.45. The highest BCUT2D eigenvalue weighted by Crippen LogP contribution is 2.33. The maximum Gasteiger partial charge on any atom is 0.274 e. The summed E-state index contributed by atoms with van der Waals surface area (Å²) in [5.41, 5.74) is 5.43. The molecular weight excluding hydrogens is 527 g/mol. The van der Waals surface area contributed by atoms with Crippen molar-refractivity contribution in [2.75, 3.05) is 36.5 Å². The lowest BCUT2D eigenvalue weighted by Gasteiger charge is -2.40. The van der Waals surface area contributed by atoms with Crippen molar-refractivity contribution < 1.29 is 32.5 Å². The molecule has 2 aliphatic heterocycles. The average molecular weight is 558 g/mol. The van der Waals surface area contributed by atoms with Gasteiger partial charge in [0, 0.05) is 50.0 Å². The Morgan fingerprint density at radius 3 is 2.65 bits per heavy atom. The number of halogens is 3. The van der Waals surface area contributed by atoms with Gasteiger partial charge in [0.25, 0.3) is 5.91 Å². The summed E-state index contributed by atoms with van der Waals surface area (Å²) in [5, 5.41) is 12.9. The maximum absolute atomic E-state index is 15.1. The van der Waals surface area contributed by atoms with Crippen LogP contribution in [0.15, 0.2) is 42.7 Å². The molecule has 0 spiro atoms. The monoisotopic (exact) mass is 557 g/mol. The lowest BCUT2D eigenvalue weighted by molar-refractivity contribution is 0.00720. The Kier molecular flexibility index (Phi) is 8.19. The van der Waals surface area contributed by atoms with Gasteiger partial charge in [0.1, 0.15) is 40.7 Å². The van der Waals surface area contributed by atoms with E-state index in [1.807, 2.05) is 11.8 Å². The zero-order valence-electron chi connectivity index (χ0n) is 21.8. The first-order chi connectivity index (χ1) is 19.2. The lowest BCUT2D eigenvalue weighted by Crippen LogP contribution is -2.55. The minimum absolute atomic E-state index is 0.0491. The number of rotatable bonds is 6. The third-order valence-electron chi connectivity index (χ3n) is 7.10. The van der Waals surface area contributed by atoms with Crippen LogP contribution in [0.25, 0.3) is 11.3 Å². The number of benzene rings is 1. The van der Waals surface area contributed by atoms with Crippen molar-refractivity contribution in [3.05, 3.63) is 65.9 Å². The molecule has 2 saturated heterocycles. The standard InChI is InChI=1S/C28H30F3N5O4/c1-15-12-36(13-21(32)27(15)37)24-6-7-33-11-23(24)35-28(38)22-5-4-18(29)26(34-22)25-19(30)9-17(10-20(25)31)40-16-3-2-8-39-14-16/h4-7,9-11,15-16,21,27,37H,2-3,8,12-14,32H2,1H3,(H,35,38)/t15-,16+,21+,27+/m0/s1. The number of amides is 1. The largest absolute Gasteiger partial charge is 0.488 e. The highest BCUT2D eigenvalue weighted by molar-refractivity contribution is 6.04. The highest BCUT2D eigenvalue weighted by Gasteiger charge is 2.32. The van der Waals surface area contributed by atoms with Crippen LogP contribution in [0.5, 0.6) is 5.75 Å². The summed E-state index contributed by atoms with van der Waals surface area (Å²) in [5.74, 6) is -4.05. The van der Waals surface area contributed by atoms with Crippen LogP contribution in [0.4, 0.5) is 24.5 Å². The number of nitrogens with zero attached hydrogens (tertiary/aromatic N) is 3. The summed E-state index contributed by atoms with van der Waals surface area (Å²) < 4.78 is 55.8. The fourth-order valence-electron chi connectivity index (χ4n) is 5.04. The van der Waals surface area contributed by atoms with Gasteiger partial charge in [-0.05, 0) is 31.0 Å². The number of hydrogen-bond acceptors (Lipinski definition) is 8. The zero-order valence-corrected chi connectivity index (χ0v) is 21.8. The molecule has 4 atom stereocenters. The number of aliphatic hydroxyl groups is 1. The summed E-state index contributed by atoms with van der Waals surface area (Å²) in [6.45, 7) is 3.63. The third-order valence-corrected chi connectivity index (χ3v) is 7.10. The van der Waals surface area contributed by atoms with Gasteiger partial charge in [0.2, 0.25) is 0 Å². The molecule has 9 nitrogen and oxygen atoms in total. The molecule has 1 amide bonds. The number of nitrogens with one attached hydrogen (secondary N) is 1. The molecule has 0 radical (unpaired) electrons. The van der Waals surface area contributed by atoms with E-state index in [0.29, 0.717) is 44.1 Å². The van der Waals surface area contributed by atoms with E-state index in [0.717, 1.165) is 30.7 Å². The van der Waals surface area contributed by atoms with Crippen molar-refractivity contribution in [2.24, 2.45) is 11.7 Å². The maximum atomic E-state index is 15.1. The first-order valence-electron chi connectivity index (χ1n) is 13.1. The molecule has 0 bridgehead atoms. The number of pyridine rings is 2. The van der Waals surface area contributed by atoms with Crippen LogP contribution in [-0.4, -0.2) is 65.5 Å². The van der Waals surface area contributed by atoms with Crippen LogP contribution in [0.1, 0.15) is 30.3 Å². The van der Waals surface area contributed by atoms with Crippen LogP contribution in [0, 0.1) is 23.4 Å². The predicted octanol–water partition coefficient (Wildman–Crippen LogP) is 3.52. The summed E-state index contributed by atoms with van der Waals surface area (Å²) >= 11 is 0. The number of aliphatic hydroxyl groups excluding tert-OH is 1. The van der Waals surface area contributed by atoms with Crippen molar-refractivity contribution in [1.82, 2.24) is 9.97 Å². The number of anilines is 2. The first-order valence-corrected chi connectivity index (χ1v) is 13.1. The molecule has 12 heteroatoms. The van der Waals surface area contributed by atoms with Gasteiger partial charge in [-0.2, -0.15) is 0 Å². The Labute approximate surface area is 229 Å². The van der Waals surface area contributed by atoms with E-state index in [-0.39, 0.29) is 23.5 Å². The van der Waals surface area contributed by atoms with E-state index in [1.54, 1.807) is 12.3 Å². The van der Waals surface area contributed by atoms with Gasteiger partial charge in [-0.3, -0.25) is 9.78 Å². The normalized spacial score (nSPS) is 23.1. The smallest absolute Gasteiger partial charge is 0.274 e. The fraction of sp³-hybridized carbons (Fsp3) is 0.393. The minimum Gasteiger partial charge on any atom is -0.488 e. The average Bonchev–Trinajstić information content (AvgIpc) is 2.93. The molecular formula is C28H30F3N5O4. The van der Waals surface area contributed by atoms with E-state index < -0.39 is 46.8 Å². The quantitative estimate of drug-likeness (QED) is 0.421.